The second kappa shape index (κ2) is 8.72. The zero-order chi connectivity index (χ0) is 21.0. The first-order valence-corrected chi connectivity index (χ1v) is 8.93. The van der Waals surface area contributed by atoms with E-state index in [1.165, 1.54) is 31.4 Å². The third-order valence-electron chi connectivity index (χ3n) is 4.28. The van der Waals surface area contributed by atoms with E-state index in [0.717, 1.165) is 12.0 Å². The molecule has 0 aliphatic heterocycles. The van der Waals surface area contributed by atoms with Gasteiger partial charge in [-0.05, 0) is 36.8 Å². The van der Waals surface area contributed by atoms with Crippen molar-refractivity contribution in [1.29, 1.82) is 0 Å². The zero-order valence-electron chi connectivity index (χ0n) is 15.8. The van der Waals surface area contributed by atoms with E-state index in [1.807, 2.05) is 6.92 Å². The summed E-state index contributed by atoms with van der Waals surface area (Å²) in [5.74, 6) is -0.410. The second-order valence-electron chi connectivity index (χ2n) is 6.19. The molecule has 0 aliphatic rings. The lowest BCUT2D eigenvalue weighted by molar-refractivity contribution is -0.0493. The van der Waals surface area contributed by atoms with Crippen molar-refractivity contribution in [1.82, 2.24) is 0 Å². The van der Waals surface area contributed by atoms with E-state index >= 15 is 0 Å². The first kappa shape index (κ1) is 20.3. The maximum atomic E-state index is 12.6. The molecule has 0 spiro atoms. The number of fused-ring (bicyclic) bond motifs is 1. The van der Waals surface area contributed by atoms with Crippen molar-refractivity contribution in [2.24, 2.45) is 0 Å². The summed E-state index contributed by atoms with van der Waals surface area (Å²) in [6.07, 6.45) is 1.44. The Labute approximate surface area is 165 Å². The van der Waals surface area contributed by atoms with Gasteiger partial charge < -0.3 is 19.2 Å². The lowest BCUT2D eigenvalue weighted by atomic mass is 10.0. The highest BCUT2D eigenvalue weighted by Gasteiger charge is 2.19. The number of benzene rings is 2. The molecule has 1 aromatic heterocycles. The van der Waals surface area contributed by atoms with Crippen LogP contribution >= 0.6 is 0 Å². The van der Waals surface area contributed by atoms with Gasteiger partial charge in [0.2, 0.25) is 0 Å². The predicted molar refractivity (Wildman–Crippen MR) is 104 cm³/mol. The average molecular weight is 403 g/mol. The van der Waals surface area contributed by atoms with Gasteiger partial charge in [-0.1, -0.05) is 25.5 Å². The van der Waals surface area contributed by atoms with Gasteiger partial charge in [0.15, 0.2) is 0 Å². The summed E-state index contributed by atoms with van der Waals surface area (Å²) in [6.45, 7) is -1.07. The minimum absolute atomic E-state index is 0.0127. The van der Waals surface area contributed by atoms with Gasteiger partial charge in [-0.2, -0.15) is 8.78 Å². The Balaban J connectivity index is 1.99. The Bertz CT molecular complexity index is 1090. The lowest BCUT2D eigenvalue weighted by Crippen LogP contribution is -2.21. The fourth-order valence-corrected chi connectivity index (χ4v) is 3.02. The SMILES string of the molecule is CCCc1c(OC)ccc2cc(C(=O)Nc3ccccc3OC(F)F)c(=O)oc12. The van der Waals surface area contributed by atoms with Gasteiger partial charge in [0.05, 0.1) is 12.8 Å². The number of aryl methyl sites for hydroxylation is 1. The molecule has 0 fully saturated rings. The number of hydrogen-bond donors (Lipinski definition) is 1. The third-order valence-corrected chi connectivity index (χ3v) is 4.28. The van der Waals surface area contributed by atoms with Gasteiger partial charge in [0.1, 0.15) is 22.6 Å². The van der Waals surface area contributed by atoms with Gasteiger partial charge in [-0.15, -0.1) is 0 Å². The molecular formula is C21H19F2NO5. The van der Waals surface area contributed by atoms with E-state index in [9.17, 15) is 18.4 Å². The Morgan fingerprint density at radius 3 is 2.62 bits per heavy atom. The van der Waals surface area contributed by atoms with Crippen LogP contribution in [0.3, 0.4) is 0 Å². The second-order valence-corrected chi connectivity index (χ2v) is 6.19. The average Bonchev–Trinajstić information content (AvgIpc) is 2.69. The van der Waals surface area contributed by atoms with Crippen LogP contribution in [0, 0.1) is 0 Å². The molecule has 3 rings (SSSR count). The maximum Gasteiger partial charge on any atom is 0.387 e. The van der Waals surface area contributed by atoms with Crippen LogP contribution < -0.4 is 20.4 Å². The highest BCUT2D eigenvalue weighted by atomic mass is 19.3. The number of methoxy groups -OCH3 is 1. The van der Waals surface area contributed by atoms with Crippen LogP contribution in [0.4, 0.5) is 14.5 Å². The molecule has 29 heavy (non-hydrogen) atoms. The monoisotopic (exact) mass is 403 g/mol. The summed E-state index contributed by atoms with van der Waals surface area (Å²) in [6, 6.07) is 10.5. The van der Waals surface area contributed by atoms with Crippen molar-refractivity contribution >= 4 is 22.6 Å². The predicted octanol–water partition coefficient (Wildman–Crippen LogP) is 4.61. The molecule has 1 heterocycles. The fraction of sp³-hybridized carbons (Fsp3) is 0.238. The Morgan fingerprint density at radius 2 is 1.93 bits per heavy atom. The largest absolute Gasteiger partial charge is 0.496 e. The molecule has 0 unspecified atom stereocenters. The molecular weight excluding hydrogens is 384 g/mol. The first-order valence-electron chi connectivity index (χ1n) is 8.93. The van der Waals surface area contributed by atoms with Crippen LogP contribution in [-0.4, -0.2) is 19.6 Å². The minimum atomic E-state index is -3.05. The molecule has 0 bridgehead atoms. The first-order chi connectivity index (χ1) is 13.9. The van der Waals surface area contributed by atoms with Crippen molar-refractivity contribution in [3.8, 4) is 11.5 Å². The van der Waals surface area contributed by atoms with Crippen LogP contribution in [0.5, 0.6) is 11.5 Å². The highest BCUT2D eigenvalue weighted by molar-refractivity contribution is 6.06. The summed E-state index contributed by atoms with van der Waals surface area (Å²) in [5, 5.41) is 2.97. The number of hydrogen-bond acceptors (Lipinski definition) is 5. The number of para-hydroxylation sites is 2. The van der Waals surface area contributed by atoms with Gasteiger partial charge >= 0.3 is 12.2 Å². The minimum Gasteiger partial charge on any atom is -0.496 e. The number of halogens is 2. The number of carbonyl (C=O) groups is 1. The maximum absolute atomic E-state index is 12.6. The van der Waals surface area contributed by atoms with Crippen LogP contribution in [0.25, 0.3) is 11.0 Å². The molecule has 0 aliphatic carbocycles. The van der Waals surface area contributed by atoms with Crippen LogP contribution in [0.15, 0.2) is 51.7 Å². The van der Waals surface area contributed by atoms with Crippen LogP contribution in [0.2, 0.25) is 0 Å². The van der Waals surface area contributed by atoms with E-state index in [4.69, 9.17) is 9.15 Å². The Hall–Kier alpha value is -3.42. The molecule has 1 N–H and O–H groups in total. The number of amides is 1. The normalized spacial score (nSPS) is 10.9. The van der Waals surface area contributed by atoms with Gasteiger partial charge in [0.25, 0.3) is 5.91 Å². The van der Waals surface area contributed by atoms with Crippen molar-refractivity contribution in [3.63, 3.8) is 0 Å². The van der Waals surface area contributed by atoms with Gasteiger partial charge in [-0.25, -0.2) is 4.79 Å². The smallest absolute Gasteiger partial charge is 0.387 e. The fourth-order valence-electron chi connectivity index (χ4n) is 3.02. The van der Waals surface area contributed by atoms with E-state index in [0.29, 0.717) is 23.1 Å². The summed E-state index contributed by atoms with van der Waals surface area (Å²) in [7, 11) is 1.53. The number of alkyl halides is 2. The van der Waals surface area contributed by atoms with E-state index in [2.05, 4.69) is 10.1 Å². The zero-order valence-corrected chi connectivity index (χ0v) is 15.8. The van der Waals surface area contributed by atoms with Crippen molar-refractivity contribution in [2.45, 2.75) is 26.4 Å². The van der Waals surface area contributed by atoms with Gasteiger partial charge in [0, 0.05) is 10.9 Å². The third kappa shape index (κ3) is 4.37. The van der Waals surface area contributed by atoms with E-state index in [-0.39, 0.29) is 17.0 Å². The van der Waals surface area contributed by atoms with Gasteiger partial charge in [-0.3, -0.25) is 4.79 Å². The van der Waals surface area contributed by atoms with E-state index < -0.39 is 18.1 Å². The summed E-state index contributed by atoms with van der Waals surface area (Å²) in [5.41, 5.74) is 0.0185. The number of rotatable bonds is 7. The molecule has 3 aromatic rings. The molecule has 1 amide bonds. The number of ether oxygens (including phenoxy) is 2. The van der Waals surface area contributed by atoms with E-state index in [1.54, 1.807) is 18.2 Å². The van der Waals surface area contributed by atoms with Crippen LogP contribution in [0.1, 0.15) is 29.3 Å². The van der Waals surface area contributed by atoms with Crippen molar-refractivity contribution < 1.29 is 27.5 Å². The van der Waals surface area contributed by atoms with Crippen molar-refractivity contribution in [2.75, 3.05) is 12.4 Å². The van der Waals surface area contributed by atoms with Crippen molar-refractivity contribution in [3.05, 3.63) is 64.0 Å². The van der Waals surface area contributed by atoms with Crippen LogP contribution in [-0.2, 0) is 6.42 Å². The number of anilines is 1. The number of carbonyl (C=O) groups excluding carboxylic acids is 1. The summed E-state index contributed by atoms with van der Waals surface area (Å²) < 4.78 is 40.2. The Morgan fingerprint density at radius 1 is 1.17 bits per heavy atom. The highest BCUT2D eigenvalue weighted by Crippen LogP contribution is 2.30. The topological polar surface area (TPSA) is 77.8 Å². The summed E-state index contributed by atoms with van der Waals surface area (Å²) in [4.78, 5) is 25.1. The standard InChI is InChI=1S/C21H19F2NO5/c1-3-6-13-16(27-2)10-9-12-11-14(20(26)29-18(12)13)19(25)24-15-7-4-5-8-17(15)28-21(22)23/h4-5,7-11,21H,3,6H2,1-2H3,(H,24,25). The molecule has 8 heteroatoms. The quantitative estimate of drug-likeness (QED) is 0.583. The molecule has 152 valence electrons. The summed E-state index contributed by atoms with van der Waals surface area (Å²) >= 11 is 0. The molecule has 0 saturated heterocycles. The molecule has 0 atom stereocenters. The number of nitrogens with one attached hydrogen (secondary N) is 1. The molecule has 0 saturated carbocycles. The lowest BCUT2D eigenvalue weighted by Gasteiger charge is -2.12. The molecule has 6 nitrogen and oxygen atoms in total. The molecule has 2 aromatic carbocycles. The Kier molecular flexibility index (Phi) is 6.11. The molecule has 0 radical (unpaired) electrons.